The van der Waals surface area contributed by atoms with Crippen LogP contribution < -0.4 is 15.4 Å². The molecule has 0 aliphatic rings. The van der Waals surface area contributed by atoms with Gasteiger partial charge in [-0.3, -0.25) is 5.41 Å². The summed E-state index contributed by atoms with van der Waals surface area (Å²) in [7, 11) is 4.84. The number of carbonyl (C=O) groups excluding carboxylic acids is 1. The number of urea groups is 1. The van der Waals surface area contributed by atoms with Crippen molar-refractivity contribution < 1.29 is 14.3 Å². The van der Waals surface area contributed by atoms with Gasteiger partial charge in [-0.2, -0.15) is 5.10 Å². The lowest BCUT2D eigenvalue weighted by molar-refractivity contribution is 0.181. The standard InChI is InChI=1S/C25H31N5O3/c1-16(28-25(31)27-3)12-19-8-11-22(33-5)14-23(19)24(26)18-6-9-21(10-7-18)30-17(2)13-20(29-30)15-32-4/h6-11,13-14,16,26H,12,15H2,1-5H3,(H2,27,28,31)/t16-/m0/s1. The van der Waals surface area contributed by atoms with Crippen molar-refractivity contribution in [2.75, 3.05) is 21.3 Å². The van der Waals surface area contributed by atoms with E-state index in [1.165, 1.54) is 0 Å². The molecule has 3 rings (SSSR count). The van der Waals surface area contributed by atoms with Gasteiger partial charge < -0.3 is 20.1 Å². The van der Waals surface area contributed by atoms with Gasteiger partial charge in [0.25, 0.3) is 0 Å². The second kappa shape index (κ2) is 10.8. The lowest BCUT2D eigenvalue weighted by Crippen LogP contribution is -2.40. The molecule has 3 N–H and O–H groups in total. The fraction of sp³-hybridized carbons (Fsp3) is 0.320. The average Bonchev–Trinajstić information content (AvgIpc) is 3.19. The van der Waals surface area contributed by atoms with Gasteiger partial charge in [-0.15, -0.1) is 0 Å². The zero-order valence-electron chi connectivity index (χ0n) is 19.7. The van der Waals surface area contributed by atoms with Crippen LogP contribution in [0.25, 0.3) is 5.69 Å². The molecule has 0 radical (unpaired) electrons. The van der Waals surface area contributed by atoms with Gasteiger partial charge in [0.05, 0.1) is 30.8 Å². The third-order valence-electron chi connectivity index (χ3n) is 5.35. The van der Waals surface area contributed by atoms with Crippen molar-refractivity contribution in [1.82, 2.24) is 20.4 Å². The first-order chi connectivity index (χ1) is 15.9. The van der Waals surface area contributed by atoms with E-state index < -0.39 is 0 Å². The largest absolute Gasteiger partial charge is 0.497 e. The lowest BCUT2D eigenvalue weighted by atomic mass is 9.93. The van der Waals surface area contributed by atoms with Crippen molar-refractivity contribution in [3.05, 3.63) is 76.6 Å². The van der Waals surface area contributed by atoms with E-state index in [1.807, 2.05) is 67.1 Å². The molecule has 33 heavy (non-hydrogen) atoms. The first-order valence-electron chi connectivity index (χ1n) is 10.8. The van der Waals surface area contributed by atoms with Crippen LogP contribution in [0.5, 0.6) is 5.75 Å². The third-order valence-corrected chi connectivity index (χ3v) is 5.35. The topological polar surface area (TPSA) is 101 Å². The third kappa shape index (κ3) is 5.78. The monoisotopic (exact) mass is 449 g/mol. The Balaban J connectivity index is 1.87. The Morgan fingerprint density at radius 3 is 2.52 bits per heavy atom. The summed E-state index contributed by atoms with van der Waals surface area (Å²) in [5.74, 6) is 0.680. The van der Waals surface area contributed by atoms with Gasteiger partial charge in [0.1, 0.15) is 5.75 Å². The number of ether oxygens (including phenoxy) is 2. The predicted molar refractivity (Wildman–Crippen MR) is 129 cm³/mol. The minimum Gasteiger partial charge on any atom is -0.497 e. The Hall–Kier alpha value is -3.65. The number of aromatic nitrogens is 2. The summed E-state index contributed by atoms with van der Waals surface area (Å²) in [6.45, 7) is 4.40. The molecule has 0 aliphatic heterocycles. The molecule has 0 saturated carbocycles. The van der Waals surface area contributed by atoms with Crippen molar-refractivity contribution >= 4 is 11.7 Å². The Kier molecular flexibility index (Phi) is 7.84. The van der Waals surface area contributed by atoms with Gasteiger partial charge in [0.15, 0.2) is 0 Å². The number of rotatable bonds is 9. The molecule has 0 unspecified atom stereocenters. The maximum atomic E-state index is 11.7. The normalized spacial score (nSPS) is 11.7. The minimum atomic E-state index is -0.231. The van der Waals surface area contributed by atoms with Gasteiger partial charge in [0.2, 0.25) is 0 Å². The van der Waals surface area contributed by atoms with Crippen LogP contribution in [0.15, 0.2) is 48.5 Å². The molecule has 2 amide bonds. The Bertz CT molecular complexity index is 1120. The van der Waals surface area contributed by atoms with E-state index in [1.54, 1.807) is 21.3 Å². The fourth-order valence-electron chi connectivity index (χ4n) is 3.71. The number of amides is 2. The van der Waals surface area contributed by atoms with Crippen LogP contribution in [0.4, 0.5) is 4.79 Å². The van der Waals surface area contributed by atoms with Gasteiger partial charge in [0, 0.05) is 37.0 Å². The molecule has 8 heteroatoms. The second-order valence-corrected chi connectivity index (χ2v) is 7.90. The quantitative estimate of drug-likeness (QED) is 0.434. The molecular weight excluding hydrogens is 418 g/mol. The van der Waals surface area contributed by atoms with Crippen LogP contribution in [-0.4, -0.2) is 48.8 Å². The molecule has 0 spiro atoms. The van der Waals surface area contributed by atoms with E-state index in [0.29, 0.717) is 24.5 Å². The highest BCUT2D eigenvalue weighted by Crippen LogP contribution is 2.23. The molecule has 1 heterocycles. The van der Waals surface area contributed by atoms with Crippen LogP contribution in [0.3, 0.4) is 0 Å². The number of aryl methyl sites for hydroxylation is 1. The maximum absolute atomic E-state index is 11.7. The number of hydrogen-bond donors (Lipinski definition) is 3. The molecule has 0 bridgehead atoms. The molecule has 0 fully saturated rings. The summed E-state index contributed by atoms with van der Waals surface area (Å²) < 4.78 is 12.4. The molecule has 0 aliphatic carbocycles. The number of benzene rings is 2. The van der Waals surface area contributed by atoms with E-state index in [0.717, 1.165) is 33.8 Å². The molecule has 174 valence electrons. The first kappa shape index (κ1) is 24.0. The van der Waals surface area contributed by atoms with E-state index in [4.69, 9.17) is 14.9 Å². The van der Waals surface area contributed by atoms with Gasteiger partial charge >= 0.3 is 6.03 Å². The van der Waals surface area contributed by atoms with Crippen molar-refractivity contribution in [2.45, 2.75) is 32.9 Å². The zero-order valence-corrected chi connectivity index (χ0v) is 19.7. The van der Waals surface area contributed by atoms with Crippen LogP contribution in [0.2, 0.25) is 0 Å². The highest BCUT2D eigenvalue weighted by atomic mass is 16.5. The average molecular weight is 450 g/mol. The van der Waals surface area contributed by atoms with Crippen molar-refractivity contribution in [2.24, 2.45) is 0 Å². The summed E-state index contributed by atoms with van der Waals surface area (Å²) in [6, 6.07) is 15.1. The van der Waals surface area contributed by atoms with Crippen LogP contribution in [0.1, 0.15) is 35.0 Å². The molecule has 0 saturated heterocycles. The Morgan fingerprint density at radius 1 is 1.15 bits per heavy atom. The Labute approximate surface area is 194 Å². The summed E-state index contributed by atoms with van der Waals surface area (Å²) in [4.78, 5) is 11.7. The summed E-state index contributed by atoms with van der Waals surface area (Å²) in [6.07, 6.45) is 0.585. The van der Waals surface area contributed by atoms with Crippen LogP contribution in [-0.2, 0) is 17.8 Å². The molecule has 2 aromatic carbocycles. The van der Waals surface area contributed by atoms with E-state index in [-0.39, 0.29) is 12.1 Å². The molecular formula is C25H31N5O3. The summed E-state index contributed by atoms with van der Waals surface area (Å²) >= 11 is 0. The molecule has 1 aromatic heterocycles. The number of nitrogens with zero attached hydrogens (tertiary/aromatic N) is 2. The predicted octanol–water partition coefficient (Wildman–Crippen LogP) is 3.61. The van der Waals surface area contributed by atoms with Crippen LogP contribution in [0, 0.1) is 12.3 Å². The van der Waals surface area contributed by atoms with E-state index in [2.05, 4.69) is 15.7 Å². The number of nitrogens with one attached hydrogen (secondary N) is 3. The van der Waals surface area contributed by atoms with Crippen molar-refractivity contribution in [1.29, 1.82) is 5.41 Å². The fourth-order valence-corrected chi connectivity index (χ4v) is 3.71. The van der Waals surface area contributed by atoms with Crippen molar-refractivity contribution in [3.63, 3.8) is 0 Å². The van der Waals surface area contributed by atoms with Gasteiger partial charge in [-0.1, -0.05) is 18.2 Å². The highest BCUT2D eigenvalue weighted by molar-refractivity contribution is 6.12. The van der Waals surface area contributed by atoms with E-state index in [9.17, 15) is 4.79 Å². The lowest BCUT2D eigenvalue weighted by Gasteiger charge is -2.18. The molecule has 3 aromatic rings. The zero-order chi connectivity index (χ0) is 24.0. The highest BCUT2D eigenvalue weighted by Gasteiger charge is 2.16. The summed E-state index contributed by atoms with van der Waals surface area (Å²) in [5.41, 5.74) is 5.69. The Morgan fingerprint density at radius 2 is 1.88 bits per heavy atom. The van der Waals surface area contributed by atoms with Crippen molar-refractivity contribution in [3.8, 4) is 11.4 Å². The smallest absolute Gasteiger partial charge is 0.314 e. The number of methoxy groups -OCH3 is 2. The first-order valence-corrected chi connectivity index (χ1v) is 10.8. The molecule has 1 atom stereocenters. The summed E-state index contributed by atoms with van der Waals surface area (Å²) in [5, 5.41) is 18.9. The number of carbonyl (C=O) groups is 1. The van der Waals surface area contributed by atoms with E-state index >= 15 is 0 Å². The van der Waals surface area contributed by atoms with Gasteiger partial charge in [-0.05, 0) is 56.2 Å². The minimum absolute atomic E-state index is 0.101. The molecule has 8 nitrogen and oxygen atoms in total. The van der Waals surface area contributed by atoms with Gasteiger partial charge in [-0.25, -0.2) is 9.48 Å². The second-order valence-electron chi connectivity index (χ2n) is 7.90. The maximum Gasteiger partial charge on any atom is 0.314 e. The van der Waals surface area contributed by atoms with Crippen LogP contribution >= 0.6 is 0 Å². The number of hydrogen-bond acceptors (Lipinski definition) is 5. The SMILES string of the molecule is CNC(=O)N[C@@H](C)Cc1ccc(OC)cc1C(=N)c1ccc(-n2nc(COC)cc2C)cc1.